The van der Waals surface area contributed by atoms with Gasteiger partial charge >= 0.3 is 0 Å². The number of nitrogens with zero attached hydrogens (tertiary/aromatic N) is 2. The number of alkyl halides is 2. The first-order valence-electron chi connectivity index (χ1n) is 6.89. The van der Waals surface area contributed by atoms with E-state index < -0.39 is 23.9 Å². The molecule has 2 aliphatic heterocycles. The summed E-state index contributed by atoms with van der Waals surface area (Å²) in [5, 5.41) is 6.98. The first kappa shape index (κ1) is 14.7. The predicted molar refractivity (Wildman–Crippen MR) is 71.7 cm³/mol. The van der Waals surface area contributed by atoms with Crippen LogP contribution < -0.4 is 5.32 Å². The minimum atomic E-state index is -2.78. The van der Waals surface area contributed by atoms with Gasteiger partial charge in [-0.2, -0.15) is 0 Å². The van der Waals surface area contributed by atoms with E-state index in [4.69, 9.17) is 4.52 Å². The fourth-order valence-corrected chi connectivity index (χ4v) is 3.34. The van der Waals surface area contributed by atoms with Crippen LogP contribution in [0, 0.1) is 0 Å². The fourth-order valence-electron chi connectivity index (χ4n) is 3.34. The Balaban J connectivity index is 0.00000132. The number of likely N-dealkylation sites (tertiary alicyclic amines) is 1. The summed E-state index contributed by atoms with van der Waals surface area (Å²) in [5.74, 6) is -2.50. The maximum Gasteiger partial charge on any atom is 0.277 e. The summed E-state index contributed by atoms with van der Waals surface area (Å²) in [6.07, 6.45) is 1.78. The Hall–Kier alpha value is -1.21. The molecule has 3 heterocycles. The van der Waals surface area contributed by atoms with Crippen molar-refractivity contribution in [3.63, 3.8) is 0 Å². The van der Waals surface area contributed by atoms with E-state index in [0.717, 1.165) is 12.1 Å². The van der Waals surface area contributed by atoms with Gasteiger partial charge in [-0.3, -0.25) is 4.79 Å². The van der Waals surface area contributed by atoms with Crippen molar-refractivity contribution in [1.29, 1.82) is 0 Å². The highest BCUT2D eigenvalue weighted by Gasteiger charge is 2.63. The highest BCUT2D eigenvalue weighted by molar-refractivity contribution is 5.95. The second-order valence-electron chi connectivity index (χ2n) is 6.01. The second-order valence-corrected chi connectivity index (χ2v) is 6.01. The van der Waals surface area contributed by atoms with Crippen molar-refractivity contribution >= 4 is 18.3 Å². The van der Waals surface area contributed by atoms with Crippen LogP contribution in [0.15, 0.2) is 4.52 Å². The molecule has 1 saturated heterocycles. The number of aromatic nitrogens is 1. The van der Waals surface area contributed by atoms with Crippen molar-refractivity contribution in [2.75, 3.05) is 13.1 Å². The molecule has 5 nitrogen and oxygen atoms in total. The van der Waals surface area contributed by atoms with Crippen LogP contribution >= 0.6 is 12.4 Å². The second kappa shape index (κ2) is 4.64. The predicted octanol–water partition coefficient (Wildman–Crippen LogP) is 1.76. The molecule has 0 atom stereocenters. The molecule has 0 bridgehead atoms. The van der Waals surface area contributed by atoms with Crippen LogP contribution in [0.5, 0.6) is 0 Å². The van der Waals surface area contributed by atoms with Gasteiger partial charge in [0.2, 0.25) is 0 Å². The summed E-state index contributed by atoms with van der Waals surface area (Å²) in [6, 6.07) is 0. The minimum Gasteiger partial charge on any atom is -0.360 e. The van der Waals surface area contributed by atoms with Crippen molar-refractivity contribution in [2.24, 2.45) is 0 Å². The zero-order valence-electron chi connectivity index (χ0n) is 11.3. The number of nitrogens with one attached hydrogen (secondary N) is 1. The molecule has 1 aromatic heterocycles. The first-order chi connectivity index (χ1) is 9.51. The lowest BCUT2D eigenvalue weighted by molar-refractivity contribution is 0.0116. The van der Waals surface area contributed by atoms with Crippen LogP contribution in [0.2, 0.25) is 0 Å². The zero-order chi connectivity index (χ0) is 14.0. The summed E-state index contributed by atoms with van der Waals surface area (Å²) in [5.41, 5.74) is 0.303. The van der Waals surface area contributed by atoms with Crippen molar-refractivity contribution in [3.8, 4) is 0 Å². The van der Waals surface area contributed by atoms with E-state index >= 15 is 0 Å². The Morgan fingerprint density at radius 2 is 2.14 bits per heavy atom. The number of carbonyl (C=O) groups excluding carboxylic acids is 1. The number of amides is 1. The Morgan fingerprint density at radius 1 is 1.38 bits per heavy atom. The topological polar surface area (TPSA) is 58.4 Å². The zero-order valence-corrected chi connectivity index (χ0v) is 12.1. The van der Waals surface area contributed by atoms with Gasteiger partial charge in [-0.25, -0.2) is 8.78 Å². The van der Waals surface area contributed by atoms with Gasteiger partial charge < -0.3 is 14.7 Å². The average molecular weight is 320 g/mol. The monoisotopic (exact) mass is 319 g/mol. The van der Waals surface area contributed by atoms with Crippen LogP contribution in [0.3, 0.4) is 0 Å². The van der Waals surface area contributed by atoms with Crippen molar-refractivity contribution in [2.45, 2.75) is 43.7 Å². The van der Waals surface area contributed by atoms with E-state index in [-0.39, 0.29) is 24.5 Å². The number of rotatable bonds is 1. The molecule has 2 fully saturated rings. The summed E-state index contributed by atoms with van der Waals surface area (Å²) in [6.45, 7) is 0.791. The molecule has 4 rings (SSSR count). The molecule has 1 aromatic rings. The molecule has 0 unspecified atom stereocenters. The molecule has 0 aromatic carbocycles. The van der Waals surface area contributed by atoms with E-state index in [1.807, 2.05) is 0 Å². The van der Waals surface area contributed by atoms with Crippen LogP contribution in [-0.4, -0.2) is 40.5 Å². The third-order valence-electron chi connectivity index (χ3n) is 4.52. The Kier molecular flexibility index (Phi) is 3.25. The largest absolute Gasteiger partial charge is 0.360 e. The normalized spacial score (nSPS) is 24.6. The fraction of sp³-hybridized carbons (Fsp3) is 0.692. The van der Waals surface area contributed by atoms with Crippen LogP contribution in [0.1, 0.15) is 41.1 Å². The summed E-state index contributed by atoms with van der Waals surface area (Å²) in [4.78, 5) is 13.9. The Bertz CT molecular complexity index is 586. The van der Waals surface area contributed by atoms with Crippen LogP contribution in [-0.2, 0) is 13.0 Å². The third-order valence-corrected chi connectivity index (χ3v) is 4.52. The molecule has 1 aliphatic carbocycles. The number of hydrogen-bond donors (Lipinski definition) is 1. The van der Waals surface area contributed by atoms with Gasteiger partial charge in [0.25, 0.3) is 11.8 Å². The molecule has 8 heteroatoms. The van der Waals surface area contributed by atoms with Gasteiger partial charge in [-0.1, -0.05) is 5.16 Å². The molecule has 0 radical (unpaired) electrons. The van der Waals surface area contributed by atoms with Gasteiger partial charge in [0.15, 0.2) is 5.69 Å². The summed E-state index contributed by atoms with van der Waals surface area (Å²) >= 11 is 0. The van der Waals surface area contributed by atoms with Crippen molar-refractivity contribution in [3.05, 3.63) is 17.0 Å². The lowest BCUT2D eigenvalue weighted by Gasteiger charge is -2.23. The molecule has 116 valence electrons. The van der Waals surface area contributed by atoms with Crippen LogP contribution in [0.25, 0.3) is 0 Å². The quantitative estimate of drug-likeness (QED) is 0.857. The number of halogens is 3. The number of fused-ring (bicyclic) bond motifs is 1. The van der Waals surface area contributed by atoms with E-state index in [2.05, 4.69) is 10.5 Å². The van der Waals surface area contributed by atoms with E-state index in [0.29, 0.717) is 31.6 Å². The van der Waals surface area contributed by atoms with Crippen LogP contribution in [0.4, 0.5) is 8.78 Å². The maximum absolute atomic E-state index is 13.6. The Labute approximate surface area is 126 Å². The molecule has 1 N–H and O–H groups in total. The number of hydrogen-bond acceptors (Lipinski definition) is 4. The van der Waals surface area contributed by atoms with E-state index in [1.54, 1.807) is 0 Å². The number of carbonyl (C=O) groups is 1. The smallest absolute Gasteiger partial charge is 0.277 e. The molecule has 1 spiro atoms. The lowest BCUT2D eigenvalue weighted by atomic mass is 10.1. The van der Waals surface area contributed by atoms with Crippen molar-refractivity contribution < 1.29 is 18.1 Å². The molecular formula is C13H16ClF2N3O2. The molecule has 1 amide bonds. The van der Waals surface area contributed by atoms with Gasteiger partial charge in [0.1, 0.15) is 5.76 Å². The SMILES string of the molecule is Cl.O=C(c1noc2c1CNCC2)N1CC(F)(F)CC12CC2. The molecular weight excluding hydrogens is 304 g/mol. The van der Waals surface area contributed by atoms with E-state index in [1.165, 1.54) is 4.90 Å². The lowest BCUT2D eigenvalue weighted by Crippen LogP contribution is -2.39. The molecule has 1 saturated carbocycles. The summed E-state index contributed by atoms with van der Waals surface area (Å²) < 4.78 is 32.4. The minimum absolute atomic E-state index is 0. The third kappa shape index (κ3) is 2.23. The average Bonchev–Trinajstić information content (AvgIpc) is 2.95. The van der Waals surface area contributed by atoms with Crippen molar-refractivity contribution in [1.82, 2.24) is 15.4 Å². The molecule has 21 heavy (non-hydrogen) atoms. The van der Waals surface area contributed by atoms with Gasteiger partial charge in [0, 0.05) is 37.0 Å². The van der Waals surface area contributed by atoms with Gasteiger partial charge in [-0.05, 0) is 12.8 Å². The van der Waals surface area contributed by atoms with Gasteiger partial charge in [0.05, 0.1) is 6.54 Å². The van der Waals surface area contributed by atoms with Gasteiger partial charge in [-0.15, -0.1) is 12.4 Å². The highest BCUT2D eigenvalue weighted by atomic mass is 35.5. The highest BCUT2D eigenvalue weighted by Crippen LogP contribution is 2.54. The standard InChI is InChI=1S/C13H15F2N3O2.ClH/c14-13(15)6-12(2-3-12)18(7-13)11(19)10-8-5-16-4-1-9(8)20-17-10;/h16H,1-7H2;1H. The summed E-state index contributed by atoms with van der Waals surface area (Å²) in [7, 11) is 0. The maximum atomic E-state index is 13.6. The van der Waals surface area contributed by atoms with E-state index in [9.17, 15) is 13.6 Å². The molecule has 3 aliphatic rings. The first-order valence-corrected chi connectivity index (χ1v) is 6.89. The Morgan fingerprint density at radius 3 is 2.86 bits per heavy atom.